The second-order valence-electron chi connectivity index (χ2n) is 10.1. The molecule has 9 heteroatoms. The molecule has 36 heavy (non-hydrogen) atoms. The molecule has 196 valence electrons. The zero-order valence-electron chi connectivity index (χ0n) is 21.7. The van der Waals surface area contributed by atoms with E-state index in [0.29, 0.717) is 19.7 Å². The Morgan fingerprint density at radius 1 is 1.08 bits per heavy atom. The van der Waals surface area contributed by atoms with Gasteiger partial charge < -0.3 is 25.3 Å². The summed E-state index contributed by atoms with van der Waals surface area (Å²) in [6, 6.07) is 12.1. The Balaban J connectivity index is 1.23. The number of aromatic nitrogens is 2. The first-order valence-corrected chi connectivity index (χ1v) is 12.7. The molecule has 0 radical (unpaired) electrons. The fraction of sp³-hybridized carbons (Fsp3) is 0.556. The van der Waals surface area contributed by atoms with Crippen molar-refractivity contribution in [2.24, 2.45) is 5.73 Å². The molecule has 4 heterocycles. The lowest BCUT2D eigenvalue weighted by atomic mass is 10.0. The molecule has 3 unspecified atom stereocenters. The van der Waals surface area contributed by atoms with E-state index in [0.717, 1.165) is 49.7 Å². The summed E-state index contributed by atoms with van der Waals surface area (Å²) in [6.45, 7) is 9.16. The van der Waals surface area contributed by atoms with Crippen LogP contribution in [0, 0.1) is 0 Å². The van der Waals surface area contributed by atoms with Crippen molar-refractivity contribution < 1.29 is 14.2 Å². The Kier molecular flexibility index (Phi) is 9.28. The fourth-order valence-electron chi connectivity index (χ4n) is 4.72. The lowest BCUT2D eigenvalue weighted by molar-refractivity contribution is -0.153. The number of likely N-dealkylation sites (N-methyl/N-ethyl adjacent to an activating group) is 1. The van der Waals surface area contributed by atoms with Gasteiger partial charge in [-0.2, -0.15) is 0 Å². The van der Waals surface area contributed by atoms with E-state index in [1.54, 1.807) is 0 Å². The Bertz CT molecular complexity index is 917. The molecule has 3 atom stereocenters. The number of hydrogen-bond acceptors (Lipinski definition) is 9. The molecule has 0 aliphatic carbocycles. The summed E-state index contributed by atoms with van der Waals surface area (Å²) in [6.07, 6.45) is 6.40. The minimum atomic E-state index is -0.556. The van der Waals surface area contributed by atoms with Gasteiger partial charge in [0.15, 0.2) is 5.79 Å². The van der Waals surface area contributed by atoms with E-state index < -0.39 is 5.79 Å². The maximum atomic E-state index is 6.32. The lowest BCUT2D eigenvalue weighted by Crippen LogP contribution is -2.47. The second kappa shape index (κ2) is 12.6. The van der Waals surface area contributed by atoms with Gasteiger partial charge in [0.1, 0.15) is 12.2 Å². The van der Waals surface area contributed by atoms with Gasteiger partial charge in [0, 0.05) is 70.2 Å². The SMILES string of the molecule is CN(CCN(Cc1ccccn1)Cc1ccccn1)C/C(N)=C/NCC1OCCC2OC(C)(C)OC12. The number of nitrogens with one attached hydrogen (secondary N) is 1. The van der Waals surface area contributed by atoms with Crippen LogP contribution in [0.25, 0.3) is 0 Å². The van der Waals surface area contributed by atoms with E-state index >= 15 is 0 Å². The summed E-state index contributed by atoms with van der Waals surface area (Å²) >= 11 is 0. The van der Waals surface area contributed by atoms with Crippen LogP contribution in [0.2, 0.25) is 0 Å². The third-order valence-corrected chi connectivity index (χ3v) is 6.40. The molecule has 0 aromatic carbocycles. The van der Waals surface area contributed by atoms with Crippen LogP contribution in [0.15, 0.2) is 60.7 Å². The Morgan fingerprint density at radius 3 is 2.42 bits per heavy atom. The van der Waals surface area contributed by atoms with Crippen molar-refractivity contribution in [3.63, 3.8) is 0 Å². The Labute approximate surface area is 214 Å². The molecule has 0 spiro atoms. The van der Waals surface area contributed by atoms with E-state index in [1.165, 1.54) is 0 Å². The minimum Gasteiger partial charge on any atom is -0.400 e. The van der Waals surface area contributed by atoms with E-state index in [2.05, 4.69) is 44.3 Å². The van der Waals surface area contributed by atoms with Crippen LogP contribution in [0.3, 0.4) is 0 Å². The van der Waals surface area contributed by atoms with Gasteiger partial charge in [0.05, 0.1) is 17.5 Å². The van der Waals surface area contributed by atoms with Crippen LogP contribution in [-0.4, -0.2) is 83.7 Å². The first-order chi connectivity index (χ1) is 17.4. The van der Waals surface area contributed by atoms with Crippen molar-refractivity contribution in [2.75, 3.05) is 39.8 Å². The van der Waals surface area contributed by atoms with Crippen molar-refractivity contribution in [3.8, 4) is 0 Å². The highest BCUT2D eigenvalue weighted by Crippen LogP contribution is 2.34. The highest BCUT2D eigenvalue weighted by atomic mass is 16.8. The molecule has 0 amide bonds. The molecule has 2 saturated heterocycles. The number of hydrogen-bond donors (Lipinski definition) is 2. The molecule has 9 nitrogen and oxygen atoms in total. The van der Waals surface area contributed by atoms with Gasteiger partial charge in [-0.25, -0.2) is 0 Å². The molecule has 0 saturated carbocycles. The molecule has 2 aromatic rings. The highest BCUT2D eigenvalue weighted by molar-refractivity contribution is 5.06. The third-order valence-electron chi connectivity index (χ3n) is 6.40. The second-order valence-corrected chi connectivity index (χ2v) is 10.1. The van der Waals surface area contributed by atoms with Gasteiger partial charge >= 0.3 is 0 Å². The summed E-state index contributed by atoms with van der Waals surface area (Å²) in [7, 11) is 2.08. The van der Waals surface area contributed by atoms with Crippen LogP contribution >= 0.6 is 0 Å². The van der Waals surface area contributed by atoms with Crippen LogP contribution in [0.4, 0.5) is 0 Å². The van der Waals surface area contributed by atoms with Crippen LogP contribution < -0.4 is 11.1 Å². The van der Waals surface area contributed by atoms with Crippen LogP contribution in [0.5, 0.6) is 0 Å². The molecule has 2 fully saturated rings. The van der Waals surface area contributed by atoms with Gasteiger partial charge in [-0.05, 0) is 51.6 Å². The van der Waals surface area contributed by atoms with Gasteiger partial charge in [-0.15, -0.1) is 0 Å². The molecule has 0 bridgehead atoms. The number of nitrogens with two attached hydrogens (primary N) is 1. The summed E-state index contributed by atoms with van der Waals surface area (Å²) in [4.78, 5) is 13.6. The van der Waals surface area contributed by atoms with Crippen molar-refractivity contribution >= 4 is 0 Å². The monoisotopic (exact) mass is 496 g/mol. The zero-order chi connectivity index (χ0) is 25.4. The number of pyridine rings is 2. The number of rotatable bonds is 12. The first-order valence-electron chi connectivity index (χ1n) is 12.7. The predicted octanol–water partition coefficient (Wildman–Crippen LogP) is 2.11. The van der Waals surface area contributed by atoms with Crippen molar-refractivity contribution in [3.05, 3.63) is 72.1 Å². The maximum Gasteiger partial charge on any atom is 0.163 e. The summed E-state index contributed by atoms with van der Waals surface area (Å²) in [5.74, 6) is -0.556. The standard InChI is InChI=1S/C27H40N6O3/c1-27(2)35-24-10-15-34-25(26(24)36-27)17-29-16-21(28)18-32(3)13-14-33(19-22-8-4-6-11-30-22)20-23-9-5-7-12-31-23/h4-9,11-12,16,24-26,29H,10,13-15,17-20,28H2,1-3H3/b21-16-. The number of nitrogens with zero attached hydrogens (tertiary/aromatic N) is 4. The average Bonchev–Trinajstić information content (AvgIpc) is 3.18. The number of fused-ring (bicyclic) bond motifs is 1. The molecule has 4 rings (SSSR count). The molecule has 2 aliphatic rings. The smallest absolute Gasteiger partial charge is 0.163 e. The summed E-state index contributed by atoms with van der Waals surface area (Å²) in [5.41, 5.74) is 9.19. The fourth-order valence-corrected chi connectivity index (χ4v) is 4.72. The van der Waals surface area contributed by atoms with Crippen molar-refractivity contribution in [1.82, 2.24) is 25.1 Å². The van der Waals surface area contributed by atoms with E-state index in [9.17, 15) is 0 Å². The van der Waals surface area contributed by atoms with Gasteiger partial charge in [0.25, 0.3) is 0 Å². The molecule has 2 aliphatic heterocycles. The summed E-state index contributed by atoms with van der Waals surface area (Å²) < 4.78 is 18.0. The van der Waals surface area contributed by atoms with Crippen molar-refractivity contribution in [2.45, 2.75) is 57.5 Å². The summed E-state index contributed by atoms with van der Waals surface area (Å²) in [5, 5.41) is 3.33. The molecule has 3 N–H and O–H groups in total. The Morgan fingerprint density at radius 2 is 1.78 bits per heavy atom. The van der Waals surface area contributed by atoms with E-state index in [4.69, 9.17) is 19.9 Å². The van der Waals surface area contributed by atoms with E-state index in [-0.39, 0.29) is 18.3 Å². The van der Waals surface area contributed by atoms with Gasteiger partial charge in [0.2, 0.25) is 0 Å². The van der Waals surface area contributed by atoms with E-state index in [1.807, 2.05) is 56.7 Å². The molecular weight excluding hydrogens is 456 g/mol. The quantitative estimate of drug-likeness (QED) is 0.458. The van der Waals surface area contributed by atoms with Gasteiger partial charge in [-0.3, -0.25) is 19.8 Å². The van der Waals surface area contributed by atoms with Crippen LogP contribution in [0.1, 0.15) is 31.7 Å². The van der Waals surface area contributed by atoms with Crippen LogP contribution in [-0.2, 0) is 27.3 Å². The zero-order valence-corrected chi connectivity index (χ0v) is 21.7. The highest BCUT2D eigenvalue weighted by Gasteiger charge is 2.47. The molecule has 2 aromatic heterocycles. The molecular formula is C27H40N6O3. The first kappa shape index (κ1) is 26.5. The average molecular weight is 497 g/mol. The van der Waals surface area contributed by atoms with Crippen molar-refractivity contribution in [1.29, 1.82) is 0 Å². The predicted molar refractivity (Wildman–Crippen MR) is 139 cm³/mol. The largest absolute Gasteiger partial charge is 0.400 e. The lowest BCUT2D eigenvalue weighted by Gasteiger charge is -2.31. The third kappa shape index (κ3) is 7.97. The minimum absolute atomic E-state index is 0.0530. The Hall–Kier alpha value is -2.56. The normalized spacial score (nSPS) is 23.7. The van der Waals surface area contributed by atoms with Gasteiger partial charge in [-0.1, -0.05) is 12.1 Å². The maximum absolute atomic E-state index is 6.32. The number of ether oxygens (including phenoxy) is 3. The topological polar surface area (TPSA) is 98.0 Å².